The molecule has 0 aliphatic carbocycles. The molecule has 0 saturated carbocycles. The zero-order valence-corrected chi connectivity index (χ0v) is 18.5. The highest BCUT2D eigenvalue weighted by atomic mass is 16.4. The van der Waals surface area contributed by atoms with E-state index in [0.717, 1.165) is 0 Å². The van der Waals surface area contributed by atoms with Crippen molar-refractivity contribution in [3.05, 3.63) is 57.6 Å². The number of aromatic hydroxyl groups is 2. The van der Waals surface area contributed by atoms with Crippen LogP contribution in [0.5, 0.6) is 11.5 Å². The highest BCUT2D eigenvalue weighted by molar-refractivity contribution is 5.93. The molecule has 0 heterocycles. The summed E-state index contributed by atoms with van der Waals surface area (Å²) in [5, 5.41) is 40.5. The average Bonchev–Trinajstić information content (AvgIpc) is 2.58. The fourth-order valence-corrected chi connectivity index (χ4v) is 3.33. The van der Waals surface area contributed by atoms with Crippen molar-refractivity contribution >= 4 is 11.9 Å². The van der Waals surface area contributed by atoms with Gasteiger partial charge >= 0.3 is 11.9 Å². The standard InChI is InChI=1S/C24H30O6/c1-12(15-8-13(23(2,3)4)10-17(19(15)25)21(27)28)16-9-14(24(5,6)7)11-18(20(16)26)22(29)30/h8-12,25-26H,1-7H3,(H,27,28)(H,29,30). The number of hydrogen-bond acceptors (Lipinski definition) is 4. The minimum absolute atomic E-state index is 0.228. The second kappa shape index (κ2) is 7.67. The average molecular weight is 414 g/mol. The molecule has 4 N–H and O–H groups in total. The third-order valence-electron chi connectivity index (χ3n) is 5.40. The zero-order chi connectivity index (χ0) is 23.2. The van der Waals surface area contributed by atoms with Crippen LogP contribution in [0.4, 0.5) is 0 Å². The lowest BCUT2D eigenvalue weighted by Crippen LogP contribution is -2.16. The van der Waals surface area contributed by atoms with E-state index < -0.39 is 17.9 Å². The molecule has 0 radical (unpaired) electrons. The Bertz CT molecular complexity index is 924. The Labute approximate surface area is 176 Å². The Morgan fingerprint density at radius 1 is 0.700 bits per heavy atom. The highest BCUT2D eigenvalue weighted by Gasteiger charge is 2.28. The first kappa shape index (κ1) is 23.3. The van der Waals surface area contributed by atoms with E-state index in [9.17, 15) is 30.0 Å². The summed E-state index contributed by atoms with van der Waals surface area (Å²) in [6, 6.07) is 6.33. The van der Waals surface area contributed by atoms with Crippen molar-refractivity contribution in [2.75, 3.05) is 0 Å². The molecular formula is C24H30O6. The Morgan fingerprint density at radius 3 is 1.23 bits per heavy atom. The molecule has 0 aliphatic heterocycles. The van der Waals surface area contributed by atoms with Crippen LogP contribution in [0.1, 0.15) is 97.4 Å². The van der Waals surface area contributed by atoms with Crippen LogP contribution in [-0.4, -0.2) is 32.4 Å². The summed E-state index contributed by atoms with van der Waals surface area (Å²) in [4.78, 5) is 23.4. The predicted octanol–water partition coefficient (Wildman–Crippen LogP) is 5.24. The number of carboxylic acid groups (broad SMARTS) is 2. The van der Waals surface area contributed by atoms with E-state index in [-0.39, 0.29) is 33.5 Å². The third kappa shape index (κ3) is 4.42. The molecule has 30 heavy (non-hydrogen) atoms. The van der Waals surface area contributed by atoms with Crippen molar-refractivity contribution in [2.45, 2.75) is 65.2 Å². The molecule has 0 spiro atoms. The summed E-state index contributed by atoms with van der Waals surface area (Å²) in [7, 11) is 0. The second-order valence-electron chi connectivity index (χ2n) is 9.76. The number of benzene rings is 2. The summed E-state index contributed by atoms with van der Waals surface area (Å²) >= 11 is 0. The Balaban J connectivity index is 2.84. The van der Waals surface area contributed by atoms with E-state index in [2.05, 4.69) is 0 Å². The van der Waals surface area contributed by atoms with E-state index in [0.29, 0.717) is 22.3 Å². The first-order valence-corrected chi connectivity index (χ1v) is 9.77. The minimum atomic E-state index is -1.26. The maximum absolute atomic E-state index is 11.7. The molecule has 2 rings (SSSR count). The van der Waals surface area contributed by atoms with Gasteiger partial charge in [-0.3, -0.25) is 0 Å². The van der Waals surface area contributed by atoms with Gasteiger partial charge in [-0.1, -0.05) is 60.6 Å². The molecule has 0 aliphatic rings. The molecule has 0 fully saturated rings. The highest BCUT2D eigenvalue weighted by Crippen LogP contribution is 2.42. The minimum Gasteiger partial charge on any atom is -0.507 e. The van der Waals surface area contributed by atoms with Crippen LogP contribution in [-0.2, 0) is 10.8 Å². The van der Waals surface area contributed by atoms with Crippen molar-refractivity contribution in [3.63, 3.8) is 0 Å². The lowest BCUT2D eigenvalue weighted by atomic mass is 9.79. The molecule has 6 nitrogen and oxygen atoms in total. The van der Waals surface area contributed by atoms with E-state index >= 15 is 0 Å². The van der Waals surface area contributed by atoms with E-state index in [4.69, 9.17) is 0 Å². The summed E-state index contributed by atoms with van der Waals surface area (Å²) in [6.45, 7) is 13.3. The molecular weight excluding hydrogens is 384 g/mol. The smallest absolute Gasteiger partial charge is 0.339 e. The Kier molecular flexibility index (Phi) is 5.95. The van der Waals surface area contributed by atoms with Gasteiger partial charge in [0.25, 0.3) is 0 Å². The molecule has 0 bridgehead atoms. The van der Waals surface area contributed by atoms with Crippen LogP contribution in [0.2, 0.25) is 0 Å². The molecule has 6 heteroatoms. The topological polar surface area (TPSA) is 115 Å². The lowest BCUT2D eigenvalue weighted by molar-refractivity contribution is 0.0682. The summed E-state index contributed by atoms with van der Waals surface area (Å²) in [6.07, 6.45) is 0. The van der Waals surface area contributed by atoms with Gasteiger partial charge in [0.2, 0.25) is 0 Å². The van der Waals surface area contributed by atoms with Crippen LogP contribution in [0, 0.1) is 0 Å². The third-order valence-corrected chi connectivity index (χ3v) is 5.40. The van der Waals surface area contributed by atoms with Crippen molar-refractivity contribution < 1.29 is 30.0 Å². The van der Waals surface area contributed by atoms with Crippen molar-refractivity contribution in [1.29, 1.82) is 0 Å². The van der Waals surface area contributed by atoms with Gasteiger partial charge in [-0.05, 0) is 34.1 Å². The van der Waals surface area contributed by atoms with Crippen LogP contribution >= 0.6 is 0 Å². The maximum Gasteiger partial charge on any atom is 0.339 e. The second-order valence-corrected chi connectivity index (χ2v) is 9.76. The Morgan fingerprint density at radius 2 is 1.00 bits per heavy atom. The molecule has 2 aromatic rings. The van der Waals surface area contributed by atoms with Gasteiger partial charge in [-0.15, -0.1) is 0 Å². The monoisotopic (exact) mass is 414 g/mol. The van der Waals surface area contributed by atoms with Gasteiger partial charge in [0.1, 0.15) is 22.6 Å². The zero-order valence-electron chi connectivity index (χ0n) is 18.5. The molecule has 0 amide bonds. The summed E-state index contributed by atoms with van der Waals surface area (Å²) < 4.78 is 0. The fraction of sp³-hybridized carbons (Fsp3) is 0.417. The first-order valence-electron chi connectivity index (χ1n) is 9.77. The summed E-state index contributed by atoms with van der Waals surface area (Å²) in [5.74, 6) is -3.94. The molecule has 0 aromatic heterocycles. The number of carboxylic acids is 2. The van der Waals surface area contributed by atoms with Crippen molar-refractivity contribution in [2.24, 2.45) is 0 Å². The number of carbonyl (C=O) groups is 2. The number of rotatable bonds is 4. The first-order chi connectivity index (χ1) is 13.6. The Hall–Kier alpha value is -3.02. The maximum atomic E-state index is 11.7. The van der Waals surface area contributed by atoms with Gasteiger partial charge < -0.3 is 20.4 Å². The van der Waals surface area contributed by atoms with Gasteiger partial charge in [0.15, 0.2) is 0 Å². The summed E-state index contributed by atoms with van der Waals surface area (Å²) in [5.41, 5.74) is 0.842. The predicted molar refractivity (Wildman–Crippen MR) is 115 cm³/mol. The quantitative estimate of drug-likeness (QED) is 0.544. The normalized spacial score (nSPS) is 12.3. The van der Waals surface area contributed by atoms with Crippen molar-refractivity contribution in [1.82, 2.24) is 0 Å². The SMILES string of the molecule is CC(c1cc(C(C)(C)C)cc(C(=O)O)c1O)c1cc(C(C)(C)C)cc(C(=O)O)c1O. The number of phenols is 2. The van der Waals surface area contributed by atoms with Crippen LogP contribution in [0.25, 0.3) is 0 Å². The molecule has 2 aromatic carbocycles. The molecule has 0 unspecified atom stereocenters. The van der Waals surface area contributed by atoms with Crippen LogP contribution in [0.3, 0.4) is 0 Å². The van der Waals surface area contributed by atoms with Gasteiger partial charge in [0, 0.05) is 17.0 Å². The van der Waals surface area contributed by atoms with Crippen molar-refractivity contribution in [3.8, 4) is 11.5 Å². The van der Waals surface area contributed by atoms with Gasteiger partial charge in [-0.2, -0.15) is 0 Å². The number of hydrogen-bond donors (Lipinski definition) is 4. The number of aromatic carboxylic acids is 2. The molecule has 0 atom stereocenters. The lowest BCUT2D eigenvalue weighted by Gasteiger charge is -2.26. The van der Waals surface area contributed by atoms with E-state index in [1.165, 1.54) is 12.1 Å². The van der Waals surface area contributed by atoms with E-state index in [1.54, 1.807) is 19.1 Å². The fourth-order valence-electron chi connectivity index (χ4n) is 3.33. The largest absolute Gasteiger partial charge is 0.507 e. The molecule has 162 valence electrons. The van der Waals surface area contributed by atoms with E-state index in [1.807, 2.05) is 41.5 Å². The molecule has 0 saturated heterocycles. The van der Waals surface area contributed by atoms with Crippen LogP contribution < -0.4 is 0 Å². The van der Waals surface area contributed by atoms with Crippen LogP contribution in [0.15, 0.2) is 24.3 Å². The van der Waals surface area contributed by atoms with Gasteiger partial charge in [0.05, 0.1) is 0 Å². The van der Waals surface area contributed by atoms with Gasteiger partial charge in [-0.25, -0.2) is 9.59 Å².